The molecule has 0 amide bonds. The highest BCUT2D eigenvalue weighted by atomic mass is 16.5. The zero-order chi connectivity index (χ0) is 11.9. The number of methoxy groups -OCH3 is 2. The highest BCUT2D eigenvalue weighted by Crippen LogP contribution is 2.46. The fourth-order valence-corrected chi connectivity index (χ4v) is 2.40. The molecule has 0 spiro atoms. The minimum atomic E-state index is -1.01. The third-order valence-electron chi connectivity index (χ3n) is 3.29. The molecule has 0 aromatic heterocycles. The van der Waals surface area contributed by atoms with Gasteiger partial charge >= 0.3 is 11.9 Å². The molecule has 1 saturated carbocycles. The maximum atomic E-state index is 11.8. The Kier molecular flexibility index (Phi) is 2.53. The Labute approximate surface area is 92.4 Å². The molecular weight excluding hydrogens is 212 g/mol. The Bertz CT molecular complexity index is 384. The van der Waals surface area contributed by atoms with E-state index in [1.165, 1.54) is 14.2 Å². The zero-order valence-electron chi connectivity index (χ0n) is 9.01. The lowest BCUT2D eigenvalue weighted by Gasteiger charge is -2.23. The number of carbonyl (C=O) groups is 3. The van der Waals surface area contributed by atoms with Crippen molar-refractivity contribution >= 4 is 17.7 Å². The Balaban J connectivity index is 2.31. The molecule has 0 N–H and O–H groups in total. The molecule has 0 aliphatic heterocycles. The summed E-state index contributed by atoms with van der Waals surface area (Å²) in [6, 6.07) is 0. The monoisotopic (exact) mass is 224 g/mol. The number of ether oxygens (including phenoxy) is 2. The Hall–Kier alpha value is -1.65. The number of hydrogen-bond donors (Lipinski definition) is 0. The predicted octanol–water partition coefficient (Wildman–Crippen LogP) is -0.0503. The van der Waals surface area contributed by atoms with E-state index in [0.29, 0.717) is 0 Å². The number of fused-ring (bicyclic) bond motifs is 1. The predicted molar refractivity (Wildman–Crippen MR) is 52.1 cm³/mol. The van der Waals surface area contributed by atoms with E-state index < -0.39 is 23.8 Å². The standard InChI is InChI=1S/C11H12O5/c1-15-10(13)7-5-3-4-6(5)9(12)8(7)11(14)16-2/h3-8H,1-2H3. The third-order valence-corrected chi connectivity index (χ3v) is 3.29. The fraction of sp³-hybridized carbons (Fsp3) is 0.545. The molecule has 0 radical (unpaired) electrons. The molecule has 5 nitrogen and oxygen atoms in total. The van der Waals surface area contributed by atoms with Crippen molar-refractivity contribution in [3.8, 4) is 0 Å². The van der Waals surface area contributed by atoms with Crippen LogP contribution in [0.15, 0.2) is 12.2 Å². The number of Topliss-reactive ketones (excluding diaryl/α,β-unsaturated/α-hetero) is 1. The van der Waals surface area contributed by atoms with Gasteiger partial charge in [-0.25, -0.2) is 0 Å². The van der Waals surface area contributed by atoms with E-state index in [-0.39, 0.29) is 17.6 Å². The van der Waals surface area contributed by atoms with Crippen LogP contribution in [0.1, 0.15) is 0 Å². The van der Waals surface area contributed by atoms with Crippen LogP contribution in [-0.4, -0.2) is 31.9 Å². The summed E-state index contributed by atoms with van der Waals surface area (Å²) in [6.07, 6.45) is 3.49. The van der Waals surface area contributed by atoms with E-state index in [4.69, 9.17) is 0 Å². The van der Waals surface area contributed by atoms with Crippen molar-refractivity contribution in [2.75, 3.05) is 14.2 Å². The molecule has 2 rings (SSSR count). The normalized spacial score (nSPS) is 35.2. The van der Waals surface area contributed by atoms with Gasteiger partial charge in [0.25, 0.3) is 0 Å². The summed E-state index contributed by atoms with van der Waals surface area (Å²) < 4.78 is 9.19. The van der Waals surface area contributed by atoms with E-state index in [2.05, 4.69) is 9.47 Å². The van der Waals surface area contributed by atoms with E-state index in [1.54, 1.807) is 12.2 Å². The van der Waals surface area contributed by atoms with Gasteiger partial charge in [0.05, 0.1) is 20.1 Å². The van der Waals surface area contributed by atoms with Gasteiger partial charge in [0.1, 0.15) is 5.92 Å². The van der Waals surface area contributed by atoms with Gasteiger partial charge in [-0.05, 0) is 0 Å². The van der Waals surface area contributed by atoms with Crippen molar-refractivity contribution in [1.82, 2.24) is 0 Å². The van der Waals surface area contributed by atoms with Gasteiger partial charge in [-0.3, -0.25) is 14.4 Å². The molecule has 0 aromatic rings. The van der Waals surface area contributed by atoms with Crippen LogP contribution in [0.25, 0.3) is 0 Å². The summed E-state index contributed by atoms with van der Waals surface area (Å²) in [7, 11) is 2.45. The van der Waals surface area contributed by atoms with Crippen LogP contribution in [0.2, 0.25) is 0 Å². The summed E-state index contributed by atoms with van der Waals surface area (Å²) >= 11 is 0. The number of allylic oxidation sites excluding steroid dienone is 2. The number of esters is 2. The fourth-order valence-electron chi connectivity index (χ4n) is 2.40. The first-order valence-electron chi connectivity index (χ1n) is 4.99. The van der Waals surface area contributed by atoms with E-state index >= 15 is 0 Å². The van der Waals surface area contributed by atoms with Crippen LogP contribution in [0.4, 0.5) is 0 Å². The van der Waals surface area contributed by atoms with Crippen LogP contribution < -0.4 is 0 Å². The molecule has 2 aliphatic rings. The molecule has 16 heavy (non-hydrogen) atoms. The van der Waals surface area contributed by atoms with Gasteiger partial charge in [0, 0.05) is 11.8 Å². The Morgan fingerprint density at radius 3 is 2.19 bits per heavy atom. The van der Waals surface area contributed by atoms with Gasteiger partial charge in [-0.15, -0.1) is 0 Å². The molecule has 5 heteroatoms. The molecule has 4 atom stereocenters. The first-order valence-corrected chi connectivity index (χ1v) is 4.99. The molecule has 0 saturated heterocycles. The van der Waals surface area contributed by atoms with Crippen molar-refractivity contribution in [3.63, 3.8) is 0 Å². The highest BCUT2D eigenvalue weighted by Gasteiger charge is 2.58. The second-order valence-electron chi connectivity index (χ2n) is 3.94. The molecule has 2 aliphatic carbocycles. The van der Waals surface area contributed by atoms with Crippen molar-refractivity contribution in [2.45, 2.75) is 0 Å². The molecule has 1 fully saturated rings. The van der Waals surface area contributed by atoms with E-state index in [9.17, 15) is 14.4 Å². The number of ketones is 1. The van der Waals surface area contributed by atoms with Gasteiger partial charge in [-0.2, -0.15) is 0 Å². The molecule has 0 heterocycles. The lowest BCUT2D eigenvalue weighted by Crippen LogP contribution is -2.33. The van der Waals surface area contributed by atoms with E-state index in [1.807, 2.05) is 0 Å². The van der Waals surface area contributed by atoms with Crippen LogP contribution >= 0.6 is 0 Å². The largest absolute Gasteiger partial charge is 0.469 e. The Morgan fingerprint density at radius 2 is 1.75 bits per heavy atom. The van der Waals surface area contributed by atoms with Crippen LogP contribution in [0.5, 0.6) is 0 Å². The average Bonchev–Trinajstić information content (AvgIpc) is 2.43. The highest BCUT2D eigenvalue weighted by molar-refractivity contribution is 6.08. The van der Waals surface area contributed by atoms with Gasteiger partial charge in [0.15, 0.2) is 5.78 Å². The van der Waals surface area contributed by atoms with Crippen LogP contribution in [-0.2, 0) is 23.9 Å². The van der Waals surface area contributed by atoms with Crippen molar-refractivity contribution in [1.29, 1.82) is 0 Å². The second-order valence-corrected chi connectivity index (χ2v) is 3.94. The number of carbonyl (C=O) groups excluding carboxylic acids is 3. The topological polar surface area (TPSA) is 69.7 Å². The zero-order valence-corrected chi connectivity index (χ0v) is 9.01. The minimum absolute atomic E-state index is 0.205. The smallest absolute Gasteiger partial charge is 0.317 e. The summed E-state index contributed by atoms with van der Waals surface area (Å²) in [5, 5.41) is 0. The van der Waals surface area contributed by atoms with Crippen LogP contribution in [0, 0.1) is 23.7 Å². The summed E-state index contributed by atoms with van der Waals surface area (Å²) in [5.74, 6) is -3.69. The lowest BCUT2D eigenvalue weighted by molar-refractivity contribution is -0.158. The van der Waals surface area contributed by atoms with Gasteiger partial charge in [0.2, 0.25) is 0 Å². The maximum absolute atomic E-state index is 11.8. The van der Waals surface area contributed by atoms with E-state index in [0.717, 1.165) is 0 Å². The van der Waals surface area contributed by atoms with Gasteiger partial charge in [-0.1, -0.05) is 12.2 Å². The summed E-state index contributed by atoms with van der Waals surface area (Å²) in [4.78, 5) is 34.9. The molecule has 0 aromatic carbocycles. The Morgan fingerprint density at radius 1 is 1.12 bits per heavy atom. The van der Waals surface area contributed by atoms with Crippen molar-refractivity contribution in [3.05, 3.63) is 12.2 Å². The molecule has 4 unspecified atom stereocenters. The number of rotatable bonds is 2. The SMILES string of the molecule is COC(=O)C1C(=O)C2C=CC2C1C(=O)OC. The first kappa shape index (κ1) is 10.9. The molecule has 86 valence electrons. The molecular formula is C11H12O5. The second kappa shape index (κ2) is 3.73. The van der Waals surface area contributed by atoms with Crippen molar-refractivity contribution in [2.24, 2.45) is 23.7 Å². The first-order chi connectivity index (χ1) is 7.61. The summed E-state index contributed by atoms with van der Waals surface area (Å²) in [5.41, 5.74) is 0. The number of hydrogen-bond acceptors (Lipinski definition) is 5. The quantitative estimate of drug-likeness (QED) is 0.373. The maximum Gasteiger partial charge on any atom is 0.317 e. The minimum Gasteiger partial charge on any atom is -0.469 e. The lowest BCUT2D eigenvalue weighted by atomic mass is 9.80. The third kappa shape index (κ3) is 1.27. The van der Waals surface area contributed by atoms with Crippen molar-refractivity contribution < 1.29 is 23.9 Å². The summed E-state index contributed by atoms with van der Waals surface area (Å²) in [6.45, 7) is 0. The average molecular weight is 224 g/mol. The molecule has 0 bridgehead atoms. The van der Waals surface area contributed by atoms with Gasteiger partial charge < -0.3 is 9.47 Å². The van der Waals surface area contributed by atoms with Crippen LogP contribution in [0.3, 0.4) is 0 Å².